The lowest BCUT2D eigenvalue weighted by atomic mass is 9.99. The number of ether oxygens (including phenoxy) is 1. The van der Waals surface area contributed by atoms with E-state index in [0.29, 0.717) is 13.1 Å². The number of guanidine groups is 1. The number of nitrogens with zero attached hydrogens (tertiary/aromatic N) is 3. The lowest BCUT2D eigenvalue weighted by molar-refractivity contribution is -0.0179. The Morgan fingerprint density at radius 3 is 2.52 bits per heavy atom. The second kappa shape index (κ2) is 11.8. The summed E-state index contributed by atoms with van der Waals surface area (Å²) < 4.78 is 5.37. The van der Waals surface area contributed by atoms with E-state index in [4.69, 9.17) is 4.74 Å². The molecule has 2 heterocycles. The molecule has 0 aromatic carbocycles. The van der Waals surface area contributed by atoms with Crippen LogP contribution in [0.4, 0.5) is 0 Å². The average molecular weight is 384 g/mol. The SMILES string of the molecule is CCNC(=NCC(C)(O)CN1CCOCC1)NCCCN1CCC(C)CC1. The highest BCUT2D eigenvalue weighted by Crippen LogP contribution is 2.15. The van der Waals surface area contributed by atoms with Gasteiger partial charge < -0.3 is 25.4 Å². The number of hydrogen-bond donors (Lipinski definition) is 3. The molecular formula is C20H41N5O2. The number of aliphatic hydroxyl groups is 1. The minimum atomic E-state index is -0.829. The van der Waals surface area contributed by atoms with Crippen LogP contribution in [0.3, 0.4) is 0 Å². The van der Waals surface area contributed by atoms with Crippen molar-refractivity contribution in [2.45, 2.75) is 45.6 Å². The van der Waals surface area contributed by atoms with E-state index in [2.05, 4.69) is 39.3 Å². The smallest absolute Gasteiger partial charge is 0.191 e. The molecule has 0 amide bonds. The number of morpholine rings is 1. The fourth-order valence-electron chi connectivity index (χ4n) is 3.68. The summed E-state index contributed by atoms with van der Waals surface area (Å²) in [7, 11) is 0. The zero-order valence-electron chi connectivity index (χ0n) is 17.7. The highest BCUT2D eigenvalue weighted by Gasteiger charge is 2.25. The molecule has 2 rings (SSSR count). The van der Waals surface area contributed by atoms with Gasteiger partial charge in [0.1, 0.15) is 0 Å². The third-order valence-electron chi connectivity index (χ3n) is 5.41. The summed E-state index contributed by atoms with van der Waals surface area (Å²) in [4.78, 5) is 9.43. The zero-order chi connectivity index (χ0) is 19.5. The van der Waals surface area contributed by atoms with Gasteiger partial charge in [-0.15, -0.1) is 0 Å². The molecule has 7 nitrogen and oxygen atoms in total. The molecule has 0 aromatic heterocycles. The van der Waals surface area contributed by atoms with Crippen LogP contribution in [0.2, 0.25) is 0 Å². The summed E-state index contributed by atoms with van der Waals surface area (Å²) in [6.45, 7) is 15.9. The van der Waals surface area contributed by atoms with Crippen molar-refractivity contribution >= 4 is 5.96 Å². The number of β-amino-alcohol motifs (C(OH)–C–C–N with tert-alkyl or cyclic N) is 1. The number of piperidine rings is 1. The maximum Gasteiger partial charge on any atom is 0.191 e. The van der Waals surface area contributed by atoms with Crippen LogP contribution in [0.25, 0.3) is 0 Å². The van der Waals surface area contributed by atoms with Crippen LogP contribution in [-0.2, 0) is 4.74 Å². The topological polar surface area (TPSA) is 72.4 Å². The lowest BCUT2D eigenvalue weighted by Gasteiger charge is -2.33. The molecule has 2 aliphatic heterocycles. The first-order valence-corrected chi connectivity index (χ1v) is 10.8. The molecule has 2 saturated heterocycles. The molecule has 2 fully saturated rings. The van der Waals surface area contributed by atoms with Crippen LogP contribution in [0, 0.1) is 5.92 Å². The molecule has 3 N–H and O–H groups in total. The van der Waals surface area contributed by atoms with Crippen LogP contribution < -0.4 is 10.6 Å². The lowest BCUT2D eigenvalue weighted by Crippen LogP contribution is -2.48. The minimum absolute atomic E-state index is 0.393. The Morgan fingerprint density at radius 1 is 1.15 bits per heavy atom. The predicted molar refractivity (Wildman–Crippen MR) is 111 cm³/mol. The van der Waals surface area contributed by atoms with E-state index in [1.807, 2.05) is 6.92 Å². The van der Waals surface area contributed by atoms with Gasteiger partial charge in [0.05, 0.1) is 25.4 Å². The van der Waals surface area contributed by atoms with E-state index in [-0.39, 0.29) is 0 Å². The van der Waals surface area contributed by atoms with E-state index in [1.165, 1.54) is 25.9 Å². The van der Waals surface area contributed by atoms with Crippen LogP contribution in [-0.4, -0.2) is 98.6 Å². The van der Waals surface area contributed by atoms with E-state index in [1.54, 1.807) is 0 Å². The third kappa shape index (κ3) is 9.23. The summed E-state index contributed by atoms with van der Waals surface area (Å²) in [5, 5.41) is 17.4. The number of nitrogens with one attached hydrogen (secondary N) is 2. The first-order chi connectivity index (χ1) is 13.0. The number of aliphatic imine (C=N–C) groups is 1. The maximum absolute atomic E-state index is 10.7. The molecule has 0 saturated carbocycles. The van der Waals surface area contributed by atoms with Crippen LogP contribution in [0.15, 0.2) is 4.99 Å². The number of hydrogen-bond acceptors (Lipinski definition) is 5. The zero-order valence-corrected chi connectivity index (χ0v) is 17.7. The first-order valence-electron chi connectivity index (χ1n) is 10.8. The predicted octanol–water partition coefficient (Wildman–Crippen LogP) is 0.747. The van der Waals surface area contributed by atoms with Gasteiger partial charge in [0.2, 0.25) is 0 Å². The largest absolute Gasteiger partial charge is 0.387 e. The highest BCUT2D eigenvalue weighted by molar-refractivity contribution is 5.79. The molecule has 1 atom stereocenters. The van der Waals surface area contributed by atoms with E-state index >= 15 is 0 Å². The summed E-state index contributed by atoms with van der Waals surface area (Å²) >= 11 is 0. The molecule has 0 aliphatic carbocycles. The quantitative estimate of drug-likeness (QED) is 0.310. The maximum atomic E-state index is 10.7. The van der Waals surface area contributed by atoms with Crippen molar-refractivity contribution in [3.63, 3.8) is 0 Å². The first kappa shape index (κ1) is 22.4. The fraction of sp³-hybridized carbons (Fsp3) is 0.950. The molecule has 0 radical (unpaired) electrons. The van der Waals surface area contributed by atoms with Gasteiger partial charge in [-0.05, 0) is 58.7 Å². The van der Waals surface area contributed by atoms with Crippen molar-refractivity contribution in [2.24, 2.45) is 10.9 Å². The Kier molecular flexibility index (Phi) is 9.82. The van der Waals surface area contributed by atoms with E-state index in [9.17, 15) is 5.11 Å². The van der Waals surface area contributed by atoms with Crippen molar-refractivity contribution < 1.29 is 9.84 Å². The summed E-state index contributed by atoms with van der Waals surface area (Å²) in [5.41, 5.74) is -0.829. The molecule has 1 unspecified atom stereocenters. The second-order valence-electron chi connectivity index (χ2n) is 8.39. The Bertz CT molecular complexity index is 430. The van der Waals surface area contributed by atoms with Gasteiger partial charge in [0, 0.05) is 32.7 Å². The van der Waals surface area contributed by atoms with Crippen molar-refractivity contribution in [2.75, 3.05) is 72.1 Å². The van der Waals surface area contributed by atoms with E-state index < -0.39 is 5.60 Å². The fourth-order valence-corrected chi connectivity index (χ4v) is 3.68. The number of likely N-dealkylation sites (tertiary alicyclic amines) is 1. The second-order valence-corrected chi connectivity index (χ2v) is 8.39. The Hall–Kier alpha value is -0.890. The molecule has 2 aliphatic rings. The minimum Gasteiger partial charge on any atom is -0.387 e. The monoisotopic (exact) mass is 383 g/mol. The van der Waals surface area contributed by atoms with Gasteiger partial charge in [-0.25, -0.2) is 0 Å². The molecule has 0 spiro atoms. The highest BCUT2D eigenvalue weighted by atomic mass is 16.5. The molecule has 0 aromatic rings. The van der Waals surface area contributed by atoms with Crippen molar-refractivity contribution in [3.05, 3.63) is 0 Å². The van der Waals surface area contributed by atoms with Gasteiger partial charge >= 0.3 is 0 Å². The van der Waals surface area contributed by atoms with Crippen molar-refractivity contribution in [1.82, 2.24) is 20.4 Å². The molecule has 158 valence electrons. The molecule has 7 heteroatoms. The Labute approximate surface area is 165 Å². The van der Waals surface area contributed by atoms with Crippen LogP contribution >= 0.6 is 0 Å². The van der Waals surface area contributed by atoms with Crippen molar-refractivity contribution in [3.8, 4) is 0 Å². The van der Waals surface area contributed by atoms with Gasteiger partial charge in [0.25, 0.3) is 0 Å². The van der Waals surface area contributed by atoms with Gasteiger partial charge in [-0.3, -0.25) is 9.89 Å². The molecule has 0 bridgehead atoms. The molecule has 27 heavy (non-hydrogen) atoms. The van der Waals surface area contributed by atoms with Gasteiger partial charge in [-0.1, -0.05) is 6.92 Å². The van der Waals surface area contributed by atoms with Crippen LogP contribution in [0.1, 0.15) is 40.0 Å². The average Bonchev–Trinajstić information content (AvgIpc) is 2.65. The Balaban J connectivity index is 1.69. The van der Waals surface area contributed by atoms with Gasteiger partial charge in [0.15, 0.2) is 5.96 Å². The van der Waals surface area contributed by atoms with Gasteiger partial charge in [-0.2, -0.15) is 0 Å². The Morgan fingerprint density at radius 2 is 1.85 bits per heavy atom. The summed E-state index contributed by atoms with van der Waals surface area (Å²) in [6.07, 6.45) is 3.77. The molecular weight excluding hydrogens is 342 g/mol. The normalized spacial score (nSPS) is 23.2. The third-order valence-corrected chi connectivity index (χ3v) is 5.41. The standard InChI is InChI=1S/C20H41N5O2/c1-4-21-19(22-8-5-9-24-10-6-18(2)7-11-24)23-16-20(3,26)17-25-12-14-27-15-13-25/h18,26H,4-17H2,1-3H3,(H2,21,22,23). The van der Waals surface area contributed by atoms with Crippen molar-refractivity contribution in [1.29, 1.82) is 0 Å². The van der Waals surface area contributed by atoms with E-state index in [0.717, 1.165) is 64.2 Å². The summed E-state index contributed by atoms with van der Waals surface area (Å²) in [5.74, 6) is 1.68. The number of rotatable bonds is 9. The summed E-state index contributed by atoms with van der Waals surface area (Å²) in [6, 6.07) is 0. The van der Waals surface area contributed by atoms with Crippen LogP contribution in [0.5, 0.6) is 0 Å².